The molecule has 184 valence electrons. The van der Waals surface area contributed by atoms with Crippen LogP contribution in [0.15, 0.2) is 30.5 Å². The number of esters is 1. The number of anilines is 1. The van der Waals surface area contributed by atoms with Gasteiger partial charge in [0.05, 0.1) is 22.1 Å². The first-order valence-corrected chi connectivity index (χ1v) is 12.3. The van der Waals surface area contributed by atoms with Gasteiger partial charge in [0.15, 0.2) is 12.4 Å². The van der Waals surface area contributed by atoms with Gasteiger partial charge in [-0.25, -0.2) is 9.48 Å². The van der Waals surface area contributed by atoms with E-state index in [4.69, 9.17) is 21.1 Å². The van der Waals surface area contributed by atoms with E-state index in [2.05, 4.69) is 10.4 Å². The Morgan fingerprint density at radius 1 is 1.29 bits per heavy atom. The van der Waals surface area contributed by atoms with Crippen molar-refractivity contribution in [3.05, 3.63) is 67.3 Å². The third-order valence-corrected chi connectivity index (χ3v) is 6.89. The highest BCUT2D eigenvalue weighted by Crippen LogP contribution is 2.39. The summed E-state index contributed by atoms with van der Waals surface area (Å²) in [5, 5.41) is 18.5. The Morgan fingerprint density at radius 2 is 2.09 bits per heavy atom. The molecule has 1 aliphatic carbocycles. The minimum Gasteiger partial charge on any atom is -0.470 e. The molecule has 10 nitrogen and oxygen atoms in total. The van der Waals surface area contributed by atoms with Gasteiger partial charge in [-0.1, -0.05) is 18.5 Å². The fourth-order valence-corrected chi connectivity index (χ4v) is 5.22. The maximum Gasteiger partial charge on any atom is 0.341 e. The molecule has 0 atom stereocenters. The Kier molecular flexibility index (Phi) is 7.67. The smallest absolute Gasteiger partial charge is 0.341 e. The number of nitrogens with one attached hydrogen (secondary N) is 1. The van der Waals surface area contributed by atoms with Gasteiger partial charge in [-0.2, -0.15) is 5.10 Å². The van der Waals surface area contributed by atoms with Crippen molar-refractivity contribution in [3.8, 4) is 5.75 Å². The van der Waals surface area contributed by atoms with Gasteiger partial charge in [-0.05, 0) is 49.8 Å². The molecule has 3 aromatic rings. The highest BCUT2D eigenvalue weighted by molar-refractivity contribution is 7.17. The van der Waals surface area contributed by atoms with Crippen molar-refractivity contribution in [2.45, 2.75) is 45.8 Å². The molecular weight excluding hydrogens is 496 g/mol. The zero-order valence-corrected chi connectivity index (χ0v) is 20.5. The lowest BCUT2D eigenvalue weighted by Gasteiger charge is -2.12. The second-order valence-electron chi connectivity index (χ2n) is 7.89. The summed E-state index contributed by atoms with van der Waals surface area (Å²) < 4.78 is 12.3. The number of thiophene rings is 1. The summed E-state index contributed by atoms with van der Waals surface area (Å²) in [6.45, 7) is 2.18. The van der Waals surface area contributed by atoms with E-state index in [0.717, 1.165) is 36.1 Å². The number of benzene rings is 1. The van der Waals surface area contributed by atoms with Crippen LogP contribution in [0.4, 0.5) is 10.7 Å². The first-order chi connectivity index (χ1) is 16.9. The maximum absolute atomic E-state index is 12.9. The first kappa shape index (κ1) is 24.7. The quantitative estimate of drug-likeness (QED) is 0.233. The van der Waals surface area contributed by atoms with Crippen LogP contribution in [0, 0.1) is 10.1 Å². The Bertz CT molecular complexity index is 1270. The van der Waals surface area contributed by atoms with E-state index in [0.29, 0.717) is 23.6 Å². The van der Waals surface area contributed by atoms with Crippen molar-refractivity contribution in [3.63, 3.8) is 0 Å². The van der Waals surface area contributed by atoms with Crippen molar-refractivity contribution >= 4 is 45.5 Å². The molecule has 1 N–H and O–H groups in total. The Balaban J connectivity index is 1.45. The highest BCUT2D eigenvalue weighted by atomic mass is 35.5. The lowest BCUT2D eigenvalue weighted by atomic mass is 9.95. The summed E-state index contributed by atoms with van der Waals surface area (Å²) in [5.41, 5.74) is 1.41. The zero-order valence-electron chi connectivity index (χ0n) is 18.9. The molecule has 0 saturated heterocycles. The molecule has 1 amide bonds. The van der Waals surface area contributed by atoms with Crippen LogP contribution in [0.2, 0.25) is 5.02 Å². The lowest BCUT2D eigenvalue weighted by Crippen LogP contribution is -2.17. The number of aryl methyl sites for hydroxylation is 1. The number of nitro groups is 1. The number of aromatic nitrogens is 2. The number of halogens is 1. The van der Waals surface area contributed by atoms with Crippen LogP contribution >= 0.6 is 22.9 Å². The van der Waals surface area contributed by atoms with E-state index in [-0.39, 0.29) is 28.9 Å². The third kappa shape index (κ3) is 5.63. The number of nitro benzene ring substituents is 1. The Morgan fingerprint density at radius 3 is 2.83 bits per heavy atom. The predicted octanol–water partition coefficient (Wildman–Crippen LogP) is 5.24. The second-order valence-corrected chi connectivity index (χ2v) is 9.40. The third-order valence-electron chi connectivity index (χ3n) is 5.39. The summed E-state index contributed by atoms with van der Waals surface area (Å²) in [7, 11) is 0. The summed E-state index contributed by atoms with van der Waals surface area (Å²) in [6, 6.07) is 5.41. The van der Waals surface area contributed by atoms with Gasteiger partial charge in [0, 0.05) is 23.2 Å². The van der Waals surface area contributed by atoms with E-state index in [1.165, 1.54) is 40.3 Å². The molecule has 0 bridgehead atoms. The Labute approximate surface area is 209 Å². The first-order valence-electron chi connectivity index (χ1n) is 11.1. The van der Waals surface area contributed by atoms with Crippen molar-refractivity contribution < 1.29 is 24.0 Å². The zero-order chi connectivity index (χ0) is 24.9. The number of carbonyl (C=O) groups excluding carboxylic acids is 2. The topological polar surface area (TPSA) is 126 Å². The molecule has 0 unspecified atom stereocenters. The van der Waals surface area contributed by atoms with Crippen molar-refractivity contribution in [1.82, 2.24) is 9.78 Å². The number of ether oxygens (including phenoxy) is 2. The standard InChI is InChI=1S/C23H23ClN4O6S/c1-2-11-33-23(30)20-15-5-3-4-6-19(15)35-22(20)25-21(29)17-9-10-27(26-17)13-34-18-8-7-14(28(31)32)12-16(18)24/h7-10,12H,2-6,11,13H2,1H3,(H,25,29). The number of hydrogen-bond acceptors (Lipinski definition) is 8. The normalized spacial score (nSPS) is 12.6. The molecule has 0 aliphatic heterocycles. The highest BCUT2D eigenvalue weighted by Gasteiger charge is 2.28. The van der Waals surface area contributed by atoms with Crippen LogP contribution < -0.4 is 10.1 Å². The molecule has 1 aliphatic rings. The number of fused-ring (bicyclic) bond motifs is 1. The van der Waals surface area contributed by atoms with E-state index < -0.39 is 16.8 Å². The summed E-state index contributed by atoms with van der Waals surface area (Å²) in [6.07, 6.45) is 5.98. The molecule has 2 heterocycles. The van der Waals surface area contributed by atoms with Crippen LogP contribution in [0.1, 0.15) is 57.5 Å². The molecule has 0 radical (unpaired) electrons. The fraction of sp³-hybridized carbons (Fsp3) is 0.348. The van der Waals surface area contributed by atoms with E-state index >= 15 is 0 Å². The van der Waals surface area contributed by atoms with Gasteiger partial charge in [-0.15, -0.1) is 11.3 Å². The van der Waals surface area contributed by atoms with Crippen molar-refractivity contribution in [1.29, 1.82) is 0 Å². The molecule has 12 heteroatoms. The Hall–Kier alpha value is -3.44. The van der Waals surface area contributed by atoms with Gasteiger partial charge in [0.1, 0.15) is 10.8 Å². The SMILES string of the molecule is CCCOC(=O)c1c(NC(=O)c2ccn(COc3ccc([N+](=O)[O-])cc3Cl)n2)sc2c1CCCC2. The van der Waals surface area contributed by atoms with Gasteiger partial charge < -0.3 is 14.8 Å². The van der Waals surface area contributed by atoms with Gasteiger partial charge >= 0.3 is 5.97 Å². The molecule has 0 fully saturated rings. The van der Waals surface area contributed by atoms with Crippen molar-refractivity contribution in [2.24, 2.45) is 0 Å². The number of non-ortho nitro benzene ring substituents is 1. The van der Waals surface area contributed by atoms with Crippen LogP contribution in [-0.2, 0) is 24.3 Å². The van der Waals surface area contributed by atoms with Crippen LogP contribution in [0.25, 0.3) is 0 Å². The predicted molar refractivity (Wildman–Crippen MR) is 130 cm³/mol. The van der Waals surface area contributed by atoms with E-state index in [1.54, 1.807) is 6.20 Å². The van der Waals surface area contributed by atoms with Crippen LogP contribution in [0.5, 0.6) is 5.75 Å². The number of hydrogen-bond donors (Lipinski definition) is 1. The van der Waals surface area contributed by atoms with Crippen LogP contribution in [-0.4, -0.2) is 33.2 Å². The molecule has 1 aromatic carbocycles. The molecule has 0 saturated carbocycles. The lowest BCUT2D eigenvalue weighted by molar-refractivity contribution is -0.384. The summed E-state index contributed by atoms with van der Waals surface area (Å²) in [4.78, 5) is 37.0. The van der Waals surface area contributed by atoms with E-state index in [1.807, 2.05) is 6.92 Å². The fourth-order valence-electron chi connectivity index (χ4n) is 3.71. The summed E-state index contributed by atoms with van der Waals surface area (Å²) >= 11 is 7.45. The van der Waals surface area contributed by atoms with Gasteiger partial charge in [-0.3, -0.25) is 14.9 Å². The maximum atomic E-state index is 12.9. The molecule has 4 rings (SSSR count). The summed E-state index contributed by atoms with van der Waals surface area (Å²) in [5.74, 6) is -0.626. The molecule has 35 heavy (non-hydrogen) atoms. The minimum atomic E-state index is -0.549. The number of carbonyl (C=O) groups is 2. The largest absolute Gasteiger partial charge is 0.470 e. The number of rotatable bonds is 9. The average Bonchev–Trinajstić information content (AvgIpc) is 3.46. The molecular formula is C23H23ClN4O6S. The van der Waals surface area contributed by atoms with Crippen molar-refractivity contribution in [2.75, 3.05) is 11.9 Å². The minimum absolute atomic E-state index is 0.0628. The van der Waals surface area contributed by atoms with Crippen LogP contribution in [0.3, 0.4) is 0 Å². The van der Waals surface area contributed by atoms with Gasteiger partial charge in [0.2, 0.25) is 0 Å². The second kappa shape index (κ2) is 10.9. The van der Waals surface area contributed by atoms with E-state index in [9.17, 15) is 19.7 Å². The monoisotopic (exact) mass is 518 g/mol. The molecule has 2 aromatic heterocycles. The molecule has 0 spiro atoms. The number of amides is 1. The van der Waals surface area contributed by atoms with Gasteiger partial charge in [0.25, 0.3) is 11.6 Å². The average molecular weight is 519 g/mol. The number of nitrogens with zero attached hydrogens (tertiary/aromatic N) is 3.